The highest BCUT2D eigenvalue weighted by atomic mass is 79.9. The van der Waals surface area contributed by atoms with Crippen LogP contribution in [-0.4, -0.2) is 67.6 Å². The Morgan fingerprint density at radius 2 is 2.08 bits per heavy atom. The van der Waals surface area contributed by atoms with Crippen LogP contribution in [-0.2, 0) is 14.3 Å². The van der Waals surface area contributed by atoms with Crippen LogP contribution in [0.1, 0.15) is 6.92 Å². The number of ether oxygens (including phenoxy) is 2. The van der Waals surface area contributed by atoms with Gasteiger partial charge in [0.2, 0.25) is 5.91 Å². The van der Waals surface area contributed by atoms with Crippen LogP contribution in [0.3, 0.4) is 0 Å². The average molecular weight is 403 g/mol. The summed E-state index contributed by atoms with van der Waals surface area (Å²) in [6, 6.07) is 3.96. The molecular formula is C16H20BrFN2O4. The van der Waals surface area contributed by atoms with E-state index in [0.29, 0.717) is 36.5 Å². The van der Waals surface area contributed by atoms with Crippen molar-refractivity contribution in [1.82, 2.24) is 9.80 Å². The molecule has 1 aromatic rings. The largest absolute Gasteiger partial charge is 0.480 e. The zero-order valence-corrected chi connectivity index (χ0v) is 15.2. The van der Waals surface area contributed by atoms with E-state index in [-0.39, 0.29) is 18.4 Å². The summed E-state index contributed by atoms with van der Waals surface area (Å²) in [6.07, 6.45) is -0.797. The van der Waals surface area contributed by atoms with Crippen molar-refractivity contribution in [2.24, 2.45) is 0 Å². The summed E-state index contributed by atoms with van der Waals surface area (Å²) in [6.45, 7) is 3.68. The van der Waals surface area contributed by atoms with Gasteiger partial charge >= 0.3 is 0 Å². The van der Waals surface area contributed by atoms with Crippen LogP contribution >= 0.6 is 15.9 Å². The molecule has 0 N–H and O–H groups in total. The molecule has 1 heterocycles. The number of morpholine rings is 1. The molecule has 1 atom stereocenters. The topological polar surface area (TPSA) is 59.1 Å². The van der Waals surface area contributed by atoms with E-state index in [1.165, 1.54) is 23.1 Å². The highest BCUT2D eigenvalue weighted by Crippen LogP contribution is 2.26. The number of hydrogen-bond acceptors (Lipinski definition) is 4. The maximum atomic E-state index is 13.1. The molecule has 1 unspecified atom stereocenters. The predicted octanol–water partition coefficient (Wildman–Crippen LogP) is 1.67. The summed E-state index contributed by atoms with van der Waals surface area (Å²) in [5.41, 5.74) is 0. The molecule has 1 aliphatic rings. The Kier molecular flexibility index (Phi) is 6.56. The van der Waals surface area contributed by atoms with Crippen molar-refractivity contribution in [2.45, 2.75) is 13.0 Å². The molecule has 2 amide bonds. The van der Waals surface area contributed by atoms with Crippen LogP contribution in [0.4, 0.5) is 4.39 Å². The molecule has 0 spiro atoms. The van der Waals surface area contributed by atoms with E-state index in [1.54, 1.807) is 18.9 Å². The summed E-state index contributed by atoms with van der Waals surface area (Å²) in [7, 11) is 1.56. The number of carbonyl (C=O) groups excluding carboxylic acids is 2. The van der Waals surface area contributed by atoms with Crippen molar-refractivity contribution < 1.29 is 23.5 Å². The summed E-state index contributed by atoms with van der Waals surface area (Å²) >= 11 is 3.19. The molecule has 1 saturated heterocycles. The third-order valence-corrected chi connectivity index (χ3v) is 4.28. The Labute approximate surface area is 148 Å². The molecule has 0 aliphatic carbocycles. The van der Waals surface area contributed by atoms with E-state index >= 15 is 0 Å². The predicted molar refractivity (Wildman–Crippen MR) is 89.2 cm³/mol. The molecule has 1 aliphatic heterocycles. The second kappa shape index (κ2) is 8.43. The van der Waals surface area contributed by atoms with Crippen molar-refractivity contribution in [3.05, 3.63) is 28.5 Å². The fourth-order valence-corrected chi connectivity index (χ4v) is 2.76. The second-order valence-electron chi connectivity index (χ2n) is 5.52. The van der Waals surface area contributed by atoms with Crippen molar-refractivity contribution in [1.29, 1.82) is 0 Å². The van der Waals surface area contributed by atoms with Crippen LogP contribution in [0.5, 0.6) is 5.75 Å². The van der Waals surface area contributed by atoms with Crippen LogP contribution < -0.4 is 4.74 Å². The smallest absolute Gasteiger partial charge is 0.263 e. The first-order chi connectivity index (χ1) is 11.4. The lowest BCUT2D eigenvalue weighted by atomic mass is 10.3. The number of amides is 2. The van der Waals surface area contributed by atoms with E-state index in [9.17, 15) is 14.0 Å². The van der Waals surface area contributed by atoms with E-state index < -0.39 is 11.9 Å². The number of likely N-dealkylation sites (N-methyl/N-ethyl adjacent to an activating group) is 1. The molecule has 1 aromatic carbocycles. The van der Waals surface area contributed by atoms with E-state index in [0.717, 1.165) is 0 Å². The average Bonchev–Trinajstić information content (AvgIpc) is 2.57. The van der Waals surface area contributed by atoms with Gasteiger partial charge in [0.05, 0.1) is 24.2 Å². The lowest BCUT2D eigenvalue weighted by molar-refractivity contribution is -0.144. The van der Waals surface area contributed by atoms with Crippen molar-refractivity contribution in [2.75, 3.05) is 39.9 Å². The minimum atomic E-state index is -0.797. The quantitative estimate of drug-likeness (QED) is 0.751. The van der Waals surface area contributed by atoms with Gasteiger partial charge in [0.1, 0.15) is 11.6 Å². The Morgan fingerprint density at radius 3 is 2.71 bits per heavy atom. The summed E-state index contributed by atoms with van der Waals surface area (Å²) in [4.78, 5) is 27.5. The van der Waals surface area contributed by atoms with Gasteiger partial charge in [0.15, 0.2) is 6.10 Å². The van der Waals surface area contributed by atoms with Gasteiger partial charge in [-0.1, -0.05) is 0 Å². The Bertz CT molecular complexity index is 608. The van der Waals surface area contributed by atoms with Gasteiger partial charge in [-0.25, -0.2) is 4.39 Å². The van der Waals surface area contributed by atoms with Gasteiger partial charge in [-0.15, -0.1) is 0 Å². The van der Waals surface area contributed by atoms with Gasteiger partial charge in [-0.3, -0.25) is 9.59 Å². The van der Waals surface area contributed by atoms with E-state index in [4.69, 9.17) is 9.47 Å². The highest BCUT2D eigenvalue weighted by Gasteiger charge is 2.24. The van der Waals surface area contributed by atoms with Crippen LogP contribution in [0.25, 0.3) is 0 Å². The number of carbonyl (C=O) groups is 2. The number of hydrogen-bond donors (Lipinski definition) is 0. The minimum Gasteiger partial charge on any atom is -0.480 e. The van der Waals surface area contributed by atoms with Gasteiger partial charge in [-0.2, -0.15) is 0 Å². The molecule has 132 valence electrons. The molecule has 1 fully saturated rings. The Morgan fingerprint density at radius 1 is 1.42 bits per heavy atom. The van der Waals surface area contributed by atoms with Gasteiger partial charge in [-0.05, 0) is 41.1 Å². The van der Waals surface area contributed by atoms with Gasteiger partial charge in [0.25, 0.3) is 5.91 Å². The number of rotatable bonds is 5. The monoisotopic (exact) mass is 402 g/mol. The van der Waals surface area contributed by atoms with Crippen molar-refractivity contribution >= 4 is 27.7 Å². The third kappa shape index (κ3) is 4.91. The molecule has 2 rings (SSSR count). The van der Waals surface area contributed by atoms with Crippen molar-refractivity contribution in [3.63, 3.8) is 0 Å². The van der Waals surface area contributed by atoms with Crippen LogP contribution in [0, 0.1) is 5.82 Å². The van der Waals surface area contributed by atoms with Crippen LogP contribution in [0.15, 0.2) is 22.7 Å². The molecule has 0 aromatic heterocycles. The van der Waals surface area contributed by atoms with Crippen LogP contribution in [0.2, 0.25) is 0 Å². The first kappa shape index (κ1) is 18.7. The highest BCUT2D eigenvalue weighted by molar-refractivity contribution is 9.10. The lowest BCUT2D eigenvalue weighted by Crippen LogP contribution is -2.48. The fourth-order valence-electron chi connectivity index (χ4n) is 2.32. The Hall–Kier alpha value is -1.67. The number of benzene rings is 1. The normalized spacial score (nSPS) is 15.8. The SMILES string of the molecule is CC(Oc1ccc(F)cc1Br)C(=O)N(C)CC(=O)N1CCOCC1. The molecule has 8 heteroatoms. The fraction of sp³-hybridized carbons (Fsp3) is 0.500. The van der Waals surface area contributed by atoms with Gasteiger partial charge < -0.3 is 19.3 Å². The molecule has 0 radical (unpaired) electrons. The first-order valence-electron chi connectivity index (χ1n) is 7.60. The summed E-state index contributed by atoms with van der Waals surface area (Å²) < 4.78 is 24.3. The Balaban J connectivity index is 1.90. The first-order valence-corrected chi connectivity index (χ1v) is 8.40. The molecular weight excluding hydrogens is 383 g/mol. The summed E-state index contributed by atoms with van der Waals surface area (Å²) in [5, 5.41) is 0. The summed E-state index contributed by atoms with van der Waals surface area (Å²) in [5.74, 6) is -0.483. The molecule has 0 saturated carbocycles. The number of nitrogens with zero attached hydrogens (tertiary/aromatic N) is 2. The van der Waals surface area contributed by atoms with E-state index in [1.807, 2.05) is 0 Å². The zero-order chi connectivity index (χ0) is 17.7. The van der Waals surface area contributed by atoms with E-state index in [2.05, 4.69) is 15.9 Å². The number of halogens is 2. The standard InChI is InChI=1S/C16H20BrFN2O4/c1-11(24-14-4-3-12(18)9-13(14)17)16(22)19(2)10-15(21)20-5-7-23-8-6-20/h3-4,9,11H,5-8,10H2,1-2H3. The molecule has 6 nitrogen and oxygen atoms in total. The molecule has 0 bridgehead atoms. The van der Waals surface area contributed by atoms with Gasteiger partial charge in [0, 0.05) is 20.1 Å². The minimum absolute atomic E-state index is 0.0167. The zero-order valence-electron chi connectivity index (χ0n) is 13.6. The van der Waals surface area contributed by atoms with Crippen molar-refractivity contribution in [3.8, 4) is 5.75 Å². The maximum absolute atomic E-state index is 13.1. The third-order valence-electron chi connectivity index (χ3n) is 3.66. The second-order valence-corrected chi connectivity index (χ2v) is 6.38. The maximum Gasteiger partial charge on any atom is 0.263 e. The lowest BCUT2D eigenvalue weighted by Gasteiger charge is -2.29. The molecule has 24 heavy (non-hydrogen) atoms.